The lowest BCUT2D eigenvalue weighted by atomic mass is 9.81. The normalized spacial score (nSPS) is 19.4. The zero-order valence-electron chi connectivity index (χ0n) is 25.1. The fraction of sp³-hybridized carbons (Fsp3) is 0.400. The Morgan fingerprint density at radius 3 is 2.02 bits per heavy atom. The summed E-state index contributed by atoms with van der Waals surface area (Å²) in [4.78, 5) is 20.1. The number of hydrogen-bond donors (Lipinski definition) is 2. The van der Waals surface area contributed by atoms with Crippen LogP contribution < -0.4 is 9.80 Å². The van der Waals surface area contributed by atoms with Crippen LogP contribution in [0.25, 0.3) is 11.1 Å². The minimum absolute atomic E-state index is 0.0257. The second-order valence-electron chi connectivity index (χ2n) is 11.7. The Bertz CT molecular complexity index is 1760. The van der Waals surface area contributed by atoms with Gasteiger partial charge in [0.2, 0.25) is 5.91 Å². The van der Waals surface area contributed by atoms with Crippen LogP contribution in [0.4, 0.5) is 42.2 Å². The molecule has 3 aromatic rings. The van der Waals surface area contributed by atoms with Crippen molar-refractivity contribution < 1.29 is 54.2 Å². The van der Waals surface area contributed by atoms with Crippen molar-refractivity contribution in [2.75, 3.05) is 29.6 Å². The molecule has 1 amide bonds. The average Bonchev–Trinajstić information content (AvgIpc) is 3.25. The number of pyridine rings is 1. The number of carbonyl (C=O) groups excluding carboxylic acids is 1. The fourth-order valence-corrected chi connectivity index (χ4v) is 6.67. The van der Waals surface area contributed by atoms with E-state index in [2.05, 4.69) is 4.98 Å². The molecule has 0 bridgehead atoms. The van der Waals surface area contributed by atoms with Crippen LogP contribution in [0, 0.1) is 12.7 Å². The van der Waals surface area contributed by atoms with E-state index in [1.165, 1.54) is 32.2 Å². The Morgan fingerprint density at radius 1 is 0.978 bits per heavy atom. The summed E-state index contributed by atoms with van der Waals surface area (Å²) in [5, 5.41) is 18.7. The van der Waals surface area contributed by atoms with Gasteiger partial charge in [0.1, 0.15) is 17.7 Å². The standard InChI is InChI=1S/C30H30F7N3O5S/c1-16-10-20(31)6-7-21(16)22-14-25(40-9-8-24(41)30(40,43)46(5,44)45)38-15-23(22)39(4)26(42)27(2,3)17-11-18(28(32,33)34)13-19(12-17)29(35,36)37/h6-7,10-15,24,41,43H,8-9H2,1-5H3/t24-,30-/m1/s1. The summed E-state index contributed by atoms with van der Waals surface area (Å²) in [6, 6.07) is 5.80. The minimum atomic E-state index is -5.15. The van der Waals surface area contributed by atoms with Crippen molar-refractivity contribution in [1.82, 2.24) is 4.98 Å². The molecule has 1 aliphatic heterocycles. The van der Waals surface area contributed by atoms with Gasteiger partial charge in [-0.3, -0.25) is 4.79 Å². The Labute approximate surface area is 260 Å². The SMILES string of the molecule is Cc1cc(F)ccc1-c1cc(N2CC[C@@H](O)[C@@]2(O)S(C)(=O)=O)ncc1N(C)C(=O)C(C)(C)c1cc(C(F)(F)F)cc(C(F)(F)F)c1. The van der Waals surface area contributed by atoms with Crippen molar-refractivity contribution in [2.45, 2.75) is 56.1 Å². The maximum atomic E-state index is 14.1. The summed E-state index contributed by atoms with van der Waals surface area (Å²) in [6.07, 6.45) is -10.3. The van der Waals surface area contributed by atoms with Crippen molar-refractivity contribution in [3.05, 3.63) is 76.7 Å². The number of anilines is 2. The molecule has 8 nitrogen and oxygen atoms in total. The van der Waals surface area contributed by atoms with Crippen LogP contribution in [-0.2, 0) is 32.4 Å². The first-order valence-electron chi connectivity index (χ1n) is 13.6. The Hall–Kier alpha value is -3.76. The van der Waals surface area contributed by atoms with Crippen molar-refractivity contribution >= 4 is 27.2 Å². The third kappa shape index (κ3) is 6.17. The van der Waals surface area contributed by atoms with E-state index >= 15 is 0 Å². The number of nitrogens with zero attached hydrogens (tertiary/aromatic N) is 3. The number of hydrogen-bond acceptors (Lipinski definition) is 7. The van der Waals surface area contributed by atoms with Crippen molar-refractivity contribution in [1.29, 1.82) is 0 Å². The number of amides is 1. The van der Waals surface area contributed by atoms with Crippen molar-refractivity contribution in [3.63, 3.8) is 0 Å². The molecular formula is C30H30F7N3O5S. The molecule has 0 saturated carbocycles. The molecule has 2 N–H and O–H groups in total. The summed E-state index contributed by atoms with van der Waals surface area (Å²) >= 11 is 0. The van der Waals surface area contributed by atoms with Gasteiger partial charge in [-0.1, -0.05) is 6.07 Å². The average molecular weight is 678 g/mol. The number of aliphatic hydroxyl groups is 2. The van der Waals surface area contributed by atoms with Crippen molar-refractivity contribution in [2.24, 2.45) is 0 Å². The van der Waals surface area contributed by atoms with Gasteiger partial charge in [0.15, 0.2) is 9.84 Å². The Kier molecular flexibility index (Phi) is 8.77. The number of rotatable bonds is 6. The van der Waals surface area contributed by atoms with Crippen LogP contribution in [0.3, 0.4) is 0 Å². The second kappa shape index (κ2) is 11.5. The summed E-state index contributed by atoms with van der Waals surface area (Å²) in [6.45, 7) is 3.69. The second-order valence-corrected chi connectivity index (χ2v) is 13.8. The van der Waals surface area contributed by atoms with E-state index in [0.717, 1.165) is 42.2 Å². The number of alkyl halides is 6. The Balaban J connectivity index is 1.89. The minimum Gasteiger partial charge on any atom is -0.387 e. The maximum Gasteiger partial charge on any atom is 0.416 e. The van der Waals surface area contributed by atoms with Gasteiger partial charge in [0.05, 0.1) is 28.4 Å². The zero-order chi connectivity index (χ0) is 34.8. The van der Waals surface area contributed by atoms with Gasteiger partial charge in [-0.2, -0.15) is 26.3 Å². The quantitative estimate of drug-likeness (QED) is 0.335. The molecule has 1 aliphatic rings. The lowest BCUT2D eigenvalue weighted by Crippen LogP contribution is -2.56. The molecule has 2 aromatic carbocycles. The van der Waals surface area contributed by atoms with Gasteiger partial charge in [0.25, 0.3) is 5.06 Å². The van der Waals surface area contributed by atoms with Gasteiger partial charge in [-0.15, -0.1) is 0 Å². The predicted molar refractivity (Wildman–Crippen MR) is 155 cm³/mol. The van der Waals surface area contributed by atoms with E-state index in [0.29, 0.717) is 23.3 Å². The highest BCUT2D eigenvalue weighted by Gasteiger charge is 2.56. The van der Waals surface area contributed by atoms with Crippen LogP contribution in [0.1, 0.15) is 42.5 Å². The molecule has 250 valence electrons. The van der Waals surface area contributed by atoms with E-state index in [4.69, 9.17) is 0 Å². The molecule has 1 aromatic heterocycles. The molecule has 0 radical (unpaired) electrons. The number of halogens is 7. The van der Waals surface area contributed by atoms with Gasteiger partial charge in [-0.25, -0.2) is 17.8 Å². The van der Waals surface area contributed by atoms with Crippen LogP contribution in [0.2, 0.25) is 0 Å². The number of benzene rings is 2. The highest BCUT2D eigenvalue weighted by Crippen LogP contribution is 2.43. The van der Waals surface area contributed by atoms with Gasteiger partial charge in [-0.05, 0) is 80.3 Å². The first-order chi connectivity index (χ1) is 20.9. The number of likely N-dealkylation sites (N-methyl/N-ethyl adjacent to an activating group) is 1. The van der Waals surface area contributed by atoms with Crippen LogP contribution in [0.5, 0.6) is 0 Å². The molecule has 1 fully saturated rings. The van der Waals surface area contributed by atoms with Crippen molar-refractivity contribution in [3.8, 4) is 11.1 Å². The van der Waals surface area contributed by atoms with Gasteiger partial charge < -0.3 is 20.0 Å². The first kappa shape index (κ1) is 35.1. The number of aromatic nitrogens is 1. The molecule has 0 aliphatic carbocycles. The van der Waals surface area contributed by atoms with E-state index in [1.54, 1.807) is 0 Å². The predicted octanol–water partition coefficient (Wildman–Crippen LogP) is 5.44. The maximum absolute atomic E-state index is 14.1. The molecule has 4 rings (SSSR count). The summed E-state index contributed by atoms with van der Waals surface area (Å²) in [5.41, 5.74) is -4.99. The molecule has 46 heavy (non-hydrogen) atoms. The van der Waals surface area contributed by atoms with Crippen LogP contribution in [-0.4, -0.2) is 60.5 Å². The molecular weight excluding hydrogens is 647 g/mol. The van der Waals surface area contributed by atoms with E-state index in [9.17, 15) is 54.2 Å². The molecule has 0 spiro atoms. The van der Waals surface area contributed by atoms with Crippen LogP contribution in [0.15, 0.2) is 48.7 Å². The van der Waals surface area contributed by atoms with E-state index in [-0.39, 0.29) is 36.1 Å². The first-order valence-corrected chi connectivity index (χ1v) is 15.5. The van der Waals surface area contributed by atoms with Gasteiger partial charge >= 0.3 is 12.4 Å². The third-order valence-corrected chi connectivity index (χ3v) is 9.71. The highest BCUT2D eigenvalue weighted by molar-refractivity contribution is 7.92. The molecule has 0 unspecified atom stereocenters. The highest BCUT2D eigenvalue weighted by atomic mass is 32.2. The lowest BCUT2D eigenvalue weighted by Gasteiger charge is -2.35. The third-order valence-electron chi connectivity index (χ3n) is 8.13. The largest absolute Gasteiger partial charge is 0.416 e. The number of aliphatic hydroxyl groups excluding tert-OH is 1. The summed E-state index contributed by atoms with van der Waals surface area (Å²) in [5.74, 6) is -1.71. The Morgan fingerprint density at radius 2 is 1.52 bits per heavy atom. The molecule has 16 heteroatoms. The molecule has 1 saturated heterocycles. The number of aryl methyl sites for hydroxylation is 1. The molecule has 2 atom stereocenters. The van der Waals surface area contributed by atoms with Gasteiger partial charge in [0, 0.05) is 25.4 Å². The van der Waals surface area contributed by atoms with Crippen LogP contribution >= 0.6 is 0 Å². The fourth-order valence-electron chi connectivity index (χ4n) is 5.47. The molecule has 2 heterocycles. The smallest absolute Gasteiger partial charge is 0.387 e. The van der Waals surface area contributed by atoms with E-state index in [1.807, 2.05) is 0 Å². The summed E-state index contributed by atoms with van der Waals surface area (Å²) in [7, 11) is -3.12. The number of sulfone groups is 1. The topological polar surface area (TPSA) is 111 Å². The monoisotopic (exact) mass is 677 g/mol. The van der Waals surface area contributed by atoms with E-state index < -0.39 is 67.2 Å². The zero-order valence-corrected chi connectivity index (χ0v) is 25.9. The number of carbonyl (C=O) groups is 1. The lowest BCUT2D eigenvalue weighted by molar-refractivity contribution is -0.143. The summed E-state index contributed by atoms with van der Waals surface area (Å²) < 4.78 is 121.